The highest BCUT2D eigenvalue weighted by atomic mass is 16.5. The third-order valence-corrected chi connectivity index (χ3v) is 5.66. The highest BCUT2D eigenvalue weighted by Crippen LogP contribution is 2.18. The number of carbonyl (C=O) groups excluding carboxylic acids is 1. The van der Waals surface area contributed by atoms with Crippen LogP contribution in [0.4, 0.5) is 0 Å². The van der Waals surface area contributed by atoms with Crippen LogP contribution < -0.4 is 4.74 Å². The summed E-state index contributed by atoms with van der Waals surface area (Å²) in [6.45, 7) is 2.02. The molecule has 1 unspecified atom stereocenters. The zero-order valence-electron chi connectivity index (χ0n) is 19.5. The first-order chi connectivity index (χ1) is 17.0. The van der Waals surface area contributed by atoms with E-state index >= 15 is 0 Å². The number of benzene rings is 3. The molecule has 0 spiro atoms. The molecule has 0 saturated carbocycles. The highest BCUT2D eigenvalue weighted by molar-refractivity contribution is 6.08. The molecule has 3 aromatic carbocycles. The lowest BCUT2D eigenvalue weighted by Crippen LogP contribution is -2.22. The molecule has 0 saturated heterocycles. The predicted molar refractivity (Wildman–Crippen MR) is 137 cm³/mol. The van der Waals surface area contributed by atoms with E-state index in [0.29, 0.717) is 23.6 Å². The summed E-state index contributed by atoms with van der Waals surface area (Å²) >= 11 is 0. The molecule has 0 aliphatic carbocycles. The van der Waals surface area contributed by atoms with Gasteiger partial charge in [-0.1, -0.05) is 78.9 Å². The van der Waals surface area contributed by atoms with Crippen LogP contribution in [0.2, 0.25) is 0 Å². The maximum absolute atomic E-state index is 13.1. The van der Waals surface area contributed by atoms with E-state index in [4.69, 9.17) is 9.84 Å². The Kier molecular flexibility index (Phi) is 7.58. The first-order valence-electron chi connectivity index (χ1n) is 11.5. The third-order valence-electron chi connectivity index (χ3n) is 5.66. The van der Waals surface area contributed by atoms with Gasteiger partial charge in [0.25, 0.3) is 0 Å². The molecule has 4 rings (SSSR count). The van der Waals surface area contributed by atoms with Crippen LogP contribution in [0, 0.1) is 0 Å². The minimum atomic E-state index is -1.01. The zero-order valence-corrected chi connectivity index (χ0v) is 19.5. The number of allylic oxidation sites excluding steroid dienone is 1. The predicted octanol–water partition coefficient (Wildman–Crippen LogP) is 5.88. The molecule has 5 heteroatoms. The minimum Gasteiger partial charge on any atom is -0.479 e. The van der Waals surface area contributed by atoms with Gasteiger partial charge in [-0.2, -0.15) is 0 Å². The summed E-state index contributed by atoms with van der Waals surface area (Å²) in [5.41, 5.74) is 4.56. The number of aliphatic carboxylic acids is 1. The van der Waals surface area contributed by atoms with Crippen LogP contribution in [0.5, 0.6) is 5.75 Å². The van der Waals surface area contributed by atoms with Gasteiger partial charge in [-0.25, -0.2) is 4.79 Å². The molecule has 1 aromatic heterocycles. The Labute approximate surface area is 204 Å². The van der Waals surface area contributed by atoms with Gasteiger partial charge in [-0.3, -0.25) is 4.79 Å². The smallest absolute Gasteiger partial charge is 0.344 e. The first-order valence-corrected chi connectivity index (χ1v) is 11.5. The van der Waals surface area contributed by atoms with E-state index in [-0.39, 0.29) is 5.78 Å². The van der Waals surface area contributed by atoms with Crippen LogP contribution in [0.1, 0.15) is 39.7 Å². The second-order valence-corrected chi connectivity index (χ2v) is 8.31. The SMILES string of the molecule is CC(Oc1cccc(C=CCn2cccc2C(=O)c2ccc(Cc3ccccc3)cc2)c1)C(=O)O. The highest BCUT2D eigenvalue weighted by Gasteiger charge is 2.14. The number of hydrogen-bond donors (Lipinski definition) is 1. The van der Waals surface area contributed by atoms with Gasteiger partial charge in [0.1, 0.15) is 5.75 Å². The van der Waals surface area contributed by atoms with Gasteiger partial charge in [0.2, 0.25) is 5.78 Å². The maximum Gasteiger partial charge on any atom is 0.344 e. The minimum absolute atomic E-state index is 0.0206. The van der Waals surface area contributed by atoms with Crippen LogP contribution in [-0.2, 0) is 17.8 Å². The number of carboxylic acid groups (broad SMARTS) is 1. The topological polar surface area (TPSA) is 68.5 Å². The lowest BCUT2D eigenvalue weighted by molar-refractivity contribution is -0.144. The van der Waals surface area contributed by atoms with Crippen molar-refractivity contribution in [3.05, 3.63) is 131 Å². The van der Waals surface area contributed by atoms with E-state index in [1.165, 1.54) is 12.5 Å². The molecule has 0 fully saturated rings. The molecule has 1 atom stereocenters. The van der Waals surface area contributed by atoms with Crippen molar-refractivity contribution in [1.29, 1.82) is 0 Å². The van der Waals surface area contributed by atoms with Gasteiger partial charge in [-0.05, 0) is 54.3 Å². The first kappa shape index (κ1) is 23.8. The average Bonchev–Trinajstić information content (AvgIpc) is 3.33. The molecule has 35 heavy (non-hydrogen) atoms. The van der Waals surface area contributed by atoms with Crippen molar-refractivity contribution in [2.75, 3.05) is 0 Å². The molecule has 0 aliphatic rings. The van der Waals surface area contributed by atoms with Crippen molar-refractivity contribution in [3.63, 3.8) is 0 Å². The van der Waals surface area contributed by atoms with Crippen molar-refractivity contribution in [2.24, 2.45) is 0 Å². The van der Waals surface area contributed by atoms with Crippen LogP contribution in [0.25, 0.3) is 6.08 Å². The number of carbonyl (C=O) groups is 2. The molecule has 0 aliphatic heterocycles. The van der Waals surface area contributed by atoms with Crippen molar-refractivity contribution in [1.82, 2.24) is 4.57 Å². The van der Waals surface area contributed by atoms with Crippen LogP contribution >= 0.6 is 0 Å². The van der Waals surface area contributed by atoms with E-state index < -0.39 is 12.1 Å². The molecule has 0 amide bonds. The van der Waals surface area contributed by atoms with E-state index in [1.807, 2.05) is 89.6 Å². The Hall–Kier alpha value is -4.38. The van der Waals surface area contributed by atoms with Crippen LogP contribution in [-0.4, -0.2) is 27.5 Å². The summed E-state index contributed by atoms with van der Waals surface area (Å²) in [6, 6.07) is 29.0. The molecular formula is C30H27NO4. The monoisotopic (exact) mass is 465 g/mol. The van der Waals surface area contributed by atoms with Crippen molar-refractivity contribution in [2.45, 2.75) is 26.0 Å². The lowest BCUT2D eigenvalue weighted by Gasteiger charge is -2.10. The molecule has 1 N–H and O–H groups in total. The van der Waals surface area contributed by atoms with Gasteiger partial charge >= 0.3 is 5.97 Å². The molecule has 0 bridgehead atoms. The van der Waals surface area contributed by atoms with E-state index in [1.54, 1.807) is 12.1 Å². The second kappa shape index (κ2) is 11.2. The van der Waals surface area contributed by atoms with Gasteiger partial charge in [-0.15, -0.1) is 0 Å². The molecule has 5 nitrogen and oxygen atoms in total. The molecule has 1 heterocycles. The Morgan fingerprint density at radius 1 is 0.914 bits per heavy atom. The number of ether oxygens (including phenoxy) is 1. The fourth-order valence-corrected chi connectivity index (χ4v) is 3.78. The fourth-order valence-electron chi connectivity index (χ4n) is 3.78. The van der Waals surface area contributed by atoms with Gasteiger partial charge in [0.05, 0.1) is 5.69 Å². The number of rotatable bonds is 10. The molecule has 0 radical (unpaired) electrons. The summed E-state index contributed by atoms with van der Waals surface area (Å²) in [6.07, 6.45) is 5.67. The summed E-state index contributed by atoms with van der Waals surface area (Å²) in [5.74, 6) is -0.538. The Bertz CT molecular complexity index is 1320. The number of carboxylic acids is 1. The Morgan fingerprint density at radius 3 is 2.40 bits per heavy atom. The summed E-state index contributed by atoms with van der Waals surface area (Å²) in [5, 5.41) is 9.02. The van der Waals surface area contributed by atoms with Crippen molar-refractivity contribution in [3.8, 4) is 5.75 Å². The standard InChI is InChI=1S/C30H27NO4/c1-22(30(33)34)35-27-12-5-10-24(21-27)11-6-18-31-19-7-13-28(31)29(32)26-16-14-25(15-17-26)20-23-8-3-2-4-9-23/h2-17,19,21-22H,18,20H2,1H3,(H,33,34). The Morgan fingerprint density at radius 2 is 1.66 bits per heavy atom. The third kappa shape index (κ3) is 6.36. The fraction of sp³-hybridized carbons (Fsp3) is 0.133. The number of ketones is 1. The van der Waals surface area contributed by atoms with E-state index in [9.17, 15) is 9.59 Å². The number of aromatic nitrogens is 1. The van der Waals surface area contributed by atoms with Crippen LogP contribution in [0.15, 0.2) is 103 Å². The molecule has 176 valence electrons. The number of nitrogens with zero attached hydrogens (tertiary/aromatic N) is 1. The lowest BCUT2D eigenvalue weighted by atomic mass is 10.0. The zero-order chi connectivity index (χ0) is 24.6. The average molecular weight is 466 g/mol. The maximum atomic E-state index is 13.1. The largest absolute Gasteiger partial charge is 0.479 e. The van der Waals surface area contributed by atoms with Gasteiger partial charge in [0.15, 0.2) is 6.10 Å². The molecular weight excluding hydrogens is 438 g/mol. The summed E-state index contributed by atoms with van der Waals surface area (Å²) < 4.78 is 7.33. The van der Waals surface area contributed by atoms with Gasteiger partial charge < -0.3 is 14.4 Å². The van der Waals surface area contributed by atoms with Crippen molar-refractivity contribution < 1.29 is 19.4 Å². The quantitative estimate of drug-likeness (QED) is 0.297. The van der Waals surface area contributed by atoms with Crippen molar-refractivity contribution >= 4 is 17.8 Å². The van der Waals surface area contributed by atoms with Gasteiger partial charge in [0, 0.05) is 18.3 Å². The summed E-state index contributed by atoms with van der Waals surface area (Å²) in [7, 11) is 0. The second-order valence-electron chi connectivity index (χ2n) is 8.31. The summed E-state index contributed by atoms with van der Waals surface area (Å²) in [4.78, 5) is 24.1. The normalized spacial score (nSPS) is 11.9. The number of hydrogen-bond acceptors (Lipinski definition) is 3. The molecule has 4 aromatic rings. The van der Waals surface area contributed by atoms with E-state index in [0.717, 1.165) is 17.5 Å². The van der Waals surface area contributed by atoms with Crippen LogP contribution in [0.3, 0.4) is 0 Å². The Balaban J connectivity index is 1.40. The van der Waals surface area contributed by atoms with E-state index in [2.05, 4.69) is 12.1 Å².